The zero-order chi connectivity index (χ0) is 14.7. The second-order valence-electron chi connectivity index (χ2n) is 4.31. The largest absolute Gasteiger partial charge is 0.477 e. The van der Waals surface area contributed by atoms with Gasteiger partial charge in [-0.25, -0.2) is 9.78 Å². The topological polar surface area (TPSA) is 134 Å². The van der Waals surface area contributed by atoms with Crippen molar-refractivity contribution >= 4 is 23.4 Å². The maximum absolute atomic E-state index is 11.0. The van der Waals surface area contributed by atoms with E-state index >= 15 is 0 Å². The highest BCUT2D eigenvalue weighted by Crippen LogP contribution is 2.22. The number of carboxylic acid groups (broad SMARTS) is 1. The van der Waals surface area contributed by atoms with Crippen LogP contribution >= 0.6 is 0 Å². The van der Waals surface area contributed by atoms with Gasteiger partial charge in [0.05, 0.1) is 4.92 Å². The Hall–Kier alpha value is -2.71. The molecule has 3 N–H and O–H groups in total. The quantitative estimate of drug-likeness (QED) is 0.524. The number of carbonyl (C=O) groups excluding carboxylic acids is 1. The first-order valence-electron chi connectivity index (χ1n) is 5.89. The number of aromatic carboxylic acids is 1. The lowest BCUT2D eigenvalue weighted by molar-refractivity contribution is -0.384. The van der Waals surface area contributed by atoms with Crippen LogP contribution < -0.4 is 10.6 Å². The molecule has 0 bridgehead atoms. The lowest BCUT2D eigenvalue weighted by Crippen LogP contribution is -2.32. The van der Waals surface area contributed by atoms with Crippen LogP contribution in [0.3, 0.4) is 0 Å². The standard InChI is InChI=1S/C11H12N4O5/c16-9-4-1-6(13-9)5-12-10-8(15(19)20)3-2-7(14-10)11(17)18/h2-3,6H,1,4-5H2,(H,12,14)(H,13,16)(H,17,18). The van der Waals surface area contributed by atoms with Gasteiger partial charge in [0.1, 0.15) is 0 Å². The van der Waals surface area contributed by atoms with E-state index in [0.29, 0.717) is 12.8 Å². The van der Waals surface area contributed by atoms with Crippen molar-refractivity contribution in [3.8, 4) is 0 Å². The van der Waals surface area contributed by atoms with Crippen LogP contribution in [0.2, 0.25) is 0 Å². The van der Waals surface area contributed by atoms with Crippen molar-refractivity contribution in [2.24, 2.45) is 0 Å². The Morgan fingerprint density at radius 1 is 1.60 bits per heavy atom. The van der Waals surface area contributed by atoms with E-state index in [0.717, 1.165) is 12.1 Å². The van der Waals surface area contributed by atoms with Crippen LogP contribution in [0.15, 0.2) is 12.1 Å². The molecule has 0 spiro atoms. The Morgan fingerprint density at radius 3 is 2.90 bits per heavy atom. The number of nitro groups is 1. The fourth-order valence-corrected chi connectivity index (χ4v) is 1.90. The molecule has 1 aliphatic rings. The van der Waals surface area contributed by atoms with E-state index in [9.17, 15) is 19.7 Å². The number of nitrogens with zero attached hydrogens (tertiary/aromatic N) is 2. The number of pyridine rings is 1. The van der Waals surface area contributed by atoms with E-state index in [1.54, 1.807) is 0 Å². The van der Waals surface area contributed by atoms with Gasteiger partial charge in [-0.05, 0) is 12.5 Å². The molecule has 9 nitrogen and oxygen atoms in total. The molecule has 1 fully saturated rings. The third-order valence-corrected chi connectivity index (χ3v) is 2.89. The highest BCUT2D eigenvalue weighted by atomic mass is 16.6. The van der Waals surface area contributed by atoms with Crippen molar-refractivity contribution in [1.82, 2.24) is 10.3 Å². The molecule has 20 heavy (non-hydrogen) atoms. The van der Waals surface area contributed by atoms with Gasteiger partial charge in [0, 0.05) is 25.1 Å². The first kappa shape index (κ1) is 13.7. The molecule has 2 rings (SSSR count). The molecule has 0 aromatic carbocycles. The molecule has 2 heterocycles. The SMILES string of the molecule is O=C1CCC(CNc2nc(C(=O)O)ccc2[N+](=O)[O-])N1. The Kier molecular flexibility index (Phi) is 3.78. The molecule has 1 unspecified atom stereocenters. The van der Waals surface area contributed by atoms with Crippen LogP contribution in [0.1, 0.15) is 23.3 Å². The molecule has 0 aliphatic carbocycles. The summed E-state index contributed by atoms with van der Waals surface area (Å²) in [6.07, 6.45) is 1.04. The van der Waals surface area contributed by atoms with Crippen molar-refractivity contribution in [3.05, 3.63) is 27.9 Å². The average Bonchev–Trinajstić information content (AvgIpc) is 2.81. The van der Waals surface area contributed by atoms with E-state index in [2.05, 4.69) is 15.6 Å². The normalized spacial score (nSPS) is 17.6. The third-order valence-electron chi connectivity index (χ3n) is 2.89. The van der Waals surface area contributed by atoms with Gasteiger partial charge in [0.25, 0.3) is 0 Å². The maximum atomic E-state index is 11.0. The third kappa shape index (κ3) is 2.99. The Balaban J connectivity index is 2.15. The number of carboxylic acids is 1. The minimum atomic E-state index is -1.27. The smallest absolute Gasteiger partial charge is 0.354 e. The summed E-state index contributed by atoms with van der Waals surface area (Å²) in [5, 5.41) is 25.1. The Morgan fingerprint density at radius 2 is 2.35 bits per heavy atom. The van der Waals surface area contributed by atoms with Crippen molar-refractivity contribution < 1.29 is 19.6 Å². The monoisotopic (exact) mass is 280 g/mol. The Bertz CT molecular complexity index is 574. The minimum Gasteiger partial charge on any atom is -0.477 e. The molecule has 1 aromatic rings. The first-order chi connectivity index (χ1) is 9.47. The lowest BCUT2D eigenvalue weighted by atomic mass is 10.2. The summed E-state index contributed by atoms with van der Waals surface area (Å²) in [4.78, 5) is 35.8. The molecule has 1 atom stereocenters. The zero-order valence-corrected chi connectivity index (χ0v) is 10.3. The zero-order valence-electron chi connectivity index (χ0n) is 10.3. The van der Waals surface area contributed by atoms with Crippen LogP contribution in [0, 0.1) is 10.1 Å². The van der Waals surface area contributed by atoms with Crippen molar-refractivity contribution in [2.75, 3.05) is 11.9 Å². The van der Waals surface area contributed by atoms with E-state index in [-0.39, 0.29) is 35.7 Å². The van der Waals surface area contributed by atoms with Gasteiger partial charge in [0.15, 0.2) is 5.69 Å². The van der Waals surface area contributed by atoms with E-state index < -0.39 is 10.9 Å². The second-order valence-corrected chi connectivity index (χ2v) is 4.31. The van der Waals surface area contributed by atoms with Crippen LogP contribution in [0.4, 0.5) is 11.5 Å². The van der Waals surface area contributed by atoms with Gasteiger partial charge in [-0.3, -0.25) is 14.9 Å². The van der Waals surface area contributed by atoms with Crippen LogP contribution in [-0.4, -0.2) is 39.5 Å². The Labute approximate surface area is 113 Å². The molecule has 1 saturated heterocycles. The number of amides is 1. The average molecular weight is 280 g/mol. The lowest BCUT2D eigenvalue weighted by Gasteiger charge is -2.12. The summed E-state index contributed by atoms with van der Waals surface area (Å²) < 4.78 is 0. The van der Waals surface area contributed by atoms with Crippen molar-refractivity contribution in [2.45, 2.75) is 18.9 Å². The molecular formula is C11H12N4O5. The molecule has 9 heteroatoms. The van der Waals surface area contributed by atoms with Gasteiger partial charge >= 0.3 is 11.7 Å². The van der Waals surface area contributed by atoms with E-state index in [4.69, 9.17) is 5.11 Å². The molecule has 1 aromatic heterocycles. The number of anilines is 1. The number of carbonyl (C=O) groups is 2. The summed E-state index contributed by atoms with van der Waals surface area (Å²) in [6.45, 7) is 0.253. The summed E-state index contributed by atoms with van der Waals surface area (Å²) in [5.74, 6) is -1.45. The number of hydrogen-bond acceptors (Lipinski definition) is 6. The van der Waals surface area contributed by atoms with Gasteiger partial charge in [0.2, 0.25) is 11.7 Å². The second kappa shape index (κ2) is 5.51. The van der Waals surface area contributed by atoms with Crippen LogP contribution in [0.25, 0.3) is 0 Å². The van der Waals surface area contributed by atoms with Gasteiger partial charge < -0.3 is 15.7 Å². The highest BCUT2D eigenvalue weighted by Gasteiger charge is 2.23. The van der Waals surface area contributed by atoms with Crippen molar-refractivity contribution in [3.63, 3.8) is 0 Å². The van der Waals surface area contributed by atoms with Gasteiger partial charge in [-0.1, -0.05) is 0 Å². The van der Waals surface area contributed by atoms with Crippen molar-refractivity contribution in [1.29, 1.82) is 0 Å². The highest BCUT2D eigenvalue weighted by molar-refractivity contribution is 5.86. The van der Waals surface area contributed by atoms with Crippen LogP contribution in [-0.2, 0) is 4.79 Å². The molecule has 1 aliphatic heterocycles. The summed E-state index contributed by atoms with van der Waals surface area (Å²) >= 11 is 0. The fraction of sp³-hybridized carbons (Fsp3) is 0.364. The van der Waals surface area contributed by atoms with Gasteiger partial charge in [-0.15, -0.1) is 0 Å². The molecule has 1 amide bonds. The predicted octanol–water partition coefficient (Wildman–Crippen LogP) is 0.378. The summed E-state index contributed by atoms with van der Waals surface area (Å²) in [6, 6.07) is 2.02. The number of hydrogen-bond donors (Lipinski definition) is 3. The van der Waals surface area contributed by atoms with Gasteiger partial charge in [-0.2, -0.15) is 0 Å². The van der Waals surface area contributed by atoms with E-state index in [1.165, 1.54) is 0 Å². The summed E-state index contributed by atoms with van der Waals surface area (Å²) in [5.41, 5.74) is -0.590. The maximum Gasteiger partial charge on any atom is 0.354 e. The first-order valence-corrected chi connectivity index (χ1v) is 5.89. The molecule has 0 saturated carbocycles. The molecule has 0 radical (unpaired) electrons. The number of aromatic nitrogens is 1. The predicted molar refractivity (Wildman–Crippen MR) is 67.5 cm³/mol. The van der Waals surface area contributed by atoms with E-state index in [1.807, 2.05) is 0 Å². The van der Waals surface area contributed by atoms with Crippen LogP contribution in [0.5, 0.6) is 0 Å². The number of nitrogens with one attached hydrogen (secondary N) is 2. The summed E-state index contributed by atoms with van der Waals surface area (Å²) in [7, 11) is 0. The number of rotatable bonds is 5. The minimum absolute atomic E-state index is 0.0708. The molecular weight excluding hydrogens is 268 g/mol. The molecule has 106 valence electrons. The fourth-order valence-electron chi connectivity index (χ4n) is 1.90.